The summed E-state index contributed by atoms with van der Waals surface area (Å²) in [7, 11) is 0. The van der Waals surface area contributed by atoms with Gasteiger partial charge in [0, 0.05) is 12.2 Å². The Morgan fingerprint density at radius 1 is 1.00 bits per heavy atom. The van der Waals surface area contributed by atoms with Crippen LogP contribution in [0, 0.1) is 5.92 Å². The number of para-hydroxylation sites is 1. The summed E-state index contributed by atoms with van der Waals surface area (Å²) >= 11 is 0. The van der Waals surface area contributed by atoms with Crippen LogP contribution in [-0.2, 0) is 4.79 Å². The third-order valence-corrected chi connectivity index (χ3v) is 3.98. The van der Waals surface area contributed by atoms with Gasteiger partial charge in [-0.25, -0.2) is 0 Å². The molecule has 3 rings (SSSR count). The number of rotatable bonds is 3. The maximum absolute atomic E-state index is 11.6. The first-order valence-electron chi connectivity index (χ1n) is 6.91. The van der Waals surface area contributed by atoms with E-state index in [4.69, 9.17) is 5.73 Å². The van der Waals surface area contributed by atoms with Crippen molar-refractivity contribution in [1.29, 1.82) is 0 Å². The van der Waals surface area contributed by atoms with Crippen LogP contribution in [0.3, 0.4) is 0 Å². The van der Waals surface area contributed by atoms with Crippen LogP contribution in [0.4, 0.5) is 5.69 Å². The third-order valence-electron chi connectivity index (χ3n) is 3.98. The van der Waals surface area contributed by atoms with Crippen molar-refractivity contribution in [3.05, 3.63) is 66.2 Å². The highest BCUT2D eigenvalue weighted by Crippen LogP contribution is 2.38. The Kier molecular flexibility index (Phi) is 3.42. The van der Waals surface area contributed by atoms with Gasteiger partial charge in [-0.3, -0.25) is 4.79 Å². The summed E-state index contributed by atoms with van der Waals surface area (Å²) in [5.74, 6) is -0.287. The number of primary amides is 1. The first kappa shape index (κ1) is 12.7. The highest BCUT2D eigenvalue weighted by Gasteiger charge is 2.35. The van der Waals surface area contributed by atoms with Gasteiger partial charge in [-0.1, -0.05) is 48.5 Å². The summed E-state index contributed by atoms with van der Waals surface area (Å²) in [5.41, 5.74) is 7.89. The molecule has 0 aliphatic carbocycles. The van der Waals surface area contributed by atoms with E-state index in [1.54, 1.807) is 0 Å². The molecule has 3 nitrogen and oxygen atoms in total. The molecule has 1 aliphatic rings. The van der Waals surface area contributed by atoms with Crippen molar-refractivity contribution < 1.29 is 4.79 Å². The van der Waals surface area contributed by atoms with E-state index >= 15 is 0 Å². The minimum Gasteiger partial charge on any atom is -0.369 e. The molecule has 1 fully saturated rings. The summed E-state index contributed by atoms with van der Waals surface area (Å²) in [6.07, 6.45) is 0.786. The summed E-state index contributed by atoms with van der Waals surface area (Å²) in [6, 6.07) is 20.7. The van der Waals surface area contributed by atoms with Crippen LogP contribution in [0.2, 0.25) is 0 Å². The Balaban J connectivity index is 1.95. The summed E-state index contributed by atoms with van der Waals surface area (Å²) in [6.45, 7) is 0.693. The van der Waals surface area contributed by atoms with Gasteiger partial charge in [0.05, 0.1) is 12.0 Å². The molecule has 1 amide bonds. The second-order valence-electron chi connectivity index (χ2n) is 5.25. The quantitative estimate of drug-likeness (QED) is 0.928. The molecule has 0 bridgehead atoms. The molecule has 0 radical (unpaired) electrons. The van der Waals surface area contributed by atoms with Crippen LogP contribution in [0.25, 0.3) is 0 Å². The zero-order valence-corrected chi connectivity index (χ0v) is 11.3. The molecule has 2 atom stereocenters. The van der Waals surface area contributed by atoms with Crippen molar-refractivity contribution in [2.24, 2.45) is 11.7 Å². The Bertz CT molecular complexity index is 535. The van der Waals surface area contributed by atoms with Gasteiger partial charge < -0.3 is 10.6 Å². The lowest BCUT2D eigenvalue weighted by atomic mass is 9.99. The second-order valence-corrected chi connectivity index (χ2v) is 5.25. The molecule has 2 N–H and O–H groups in total. The van der Waals surface area contributed by atoms with Gasteiger partial charge in [0.1, 0.15) is 0 Å². The molecule has 0 spiro atoms. The number of benzene rings is 2. The Labute approximate surface area is 119 Å². The van der Waals surface area contributed by atoms with Gasteiger partial charge >= 0.3 is 0 Å². The molecule has 2 unspecified atom stereocenters. The number of carbonyl (C=O) groups excluding carboxylic acids is 1. The lowest BCUT2D eigenvalue weighted by Crippen LogP contribution is -2.27. The van der Waals surface area contributed by atoms with Crippen LogP contribution in [-0.4, -0.2) is 12.5 Å². The van der Waals surface area contributed by atoms with Crippen LogP contribution < -0.4 is 10.6 Å². The van der Waals surface area contributed by atoms with Crippen molar-refractivity contribution in [1.82, 2.24) is 0 Å². The molecule has 1 saturated heterocycles. The zero-order chi connectivity index (χ0) is 13.9. The zero-order valence-electron chi connectivity index (χ0n) is 11.3. The normalized spacial score (nSPS) is 21.9. The standard InChI is InChI=1S/C17H18N2O/c18-17(20)14-11-16(13-7-3-1-4-8-13)19(12-14)15-9-5-2-6-10-15/h1-10,14,16H,11-12H2,(H2,18,20). The van der Waals surface area contributed by atoms with E-state index in [0.29, 0.717) is 6.54 Å². The number of nitrogens with two attached hydrogens (primary N) is 1. The SMILES string of the molecule is NC(=O)C1CC(c2ccccc2)N(c2ccccc2)C1. The molecule has 2 aromatic carbocycles. The maximum atomic E-state index is 11.6. The van der Waals surface area contributed by atoms with E-state index in [1.807, 2.05) is 36.4 Å². The van der Waals surface area contributed by atoms with Crippen molar-refractivity contribution in [2.75, 3.05) is 11.4 Å². The fourth-order valence-electron chi connectivity index (χ4n) is 2.94. The molecule has 102 valence electrons. The van der Waals surface area contributed by atoms with E-state index in [2.05, 4.69) is 29.2 Å². The minimum absolute atomic E-state index is 0.0830. The van der Waals surface area contributed by atoms with Crippen LogP contribution >= 0.6 is 0 Å². The lowest BCUT2D eigenvalue weighted by Gasteiger charge is -2.27. The molecule has 3 heteroatoms. The highest BCUT2D eigenvalue weighted by molar-refractivity contribution is 5.78. The van der Waals surface area contributed by atoms with E-state index < -0.39 is 0 Å². The molecule has 20 heavy (non-hydrogen) atoms. The summed E-state index contributed by atoms with van der Waals surface area (Å²) < 4.78 is 0. The lowest BCUT2D eigenvalue weighted by molar-refractivity contribution is -0.121. The monoisotopic (exact) mass is 266 g/mol. The summed E-state index contributed by atoms with van der Waals surface area (Å²) in [5, 5.41) is 0. The van der Waals surface area contributed by atoms with Crippen molar-refractivity contribution in [3.8, 4) is 0 Å². The summed E-state index contributed by atoms with van der Waals surface area (Å²) in [4.78, 5) is 13.8. The van der Waals surface area contributed by atoms with Crippen molar-refractivity contribution in [3.63, 3.8) is 0 Å². The fourth-order valence-corrected chi connectivity index (χ4v) is 2.94. The smallest absolute Gasteiger partial charge is 0.222 e. The molecule has 2 aromatic rings. The van der Waals surface area contributed by atoms with Gasteiger partial charge in [0.15, 0.2) is 0 Å². The number of carbonyl (C=O) groups is 1. The molecule has 1 aliphatic heterocycles. The van der Waals surface area contributed by atoms with E-state index in [-0.39, 0.29) is 17.9 Å². The average Bonchev–Trinajstić information content (AvgIpc) is 2.94. The predicted octanol–water partition coefficient (Wildman–Crippen LogP) is 2.74. The van der Waals surface area contributed by atoms with E-state index in [9.17, 15) is 4.79 Å². The largest absolute Gasteiger partial charge is 0.369 e. The minimum atomic E-state index is -0.204. The fraction of sp³-hybridized carbons (Fsp3) is 0.235. The number of hydrogen-bond donors (Lipinski definition) is 1. The maximum Gasteiger partial charge on any atom is 0.222 e. The Morgan fingerprint density at radius 3 is 2.20 bits per heavy atom. The van der Waals surface area contributed by atoms with Crippen LogP contribution in [0.15, 0.2) is 60.7 Å². The number of nitrogens with zero attached hydrogens (tertiary/aromatic N) is 1. The number of anilines is 1. The molecule has 1 heterocycles. The van der Waals surface area contributed by atoms with Gasteiger partial charge in [-0.05, 0) is 24.1 Å². The Morgan fingerprint density at radius 2 is 1.60 bits per heavy atom. The molecular formula is C17H18N2O. The van der Waals surface area contributed by atoms with Gasteiger partial charge in [-0.15, -0.1) is 0 Å². The Hall–Kier alpha value is -2.29. The van der Waals surface area contributed by atoms with Crippen LogP contribution in [0.1, 0.15) is 18.0 Å². The second kappa shape index (κ2) is 5.37. The van der Waals surface area contributed by atoms with Gasteiger partial charge in [0.25, 0.3) is 0 Å². The number of hydrogen-bond acceptors (Lipinski definition) is 2. The number of amides is 1. The first-order chi connectivity index (χ1) is 9.75. The van der Waals surface area contributed by atoms with Crippen LogP contribution in [0.5, 0.6) is 0 Å². The van der Waals surface area contributed by atoms with Crippen molar-refractivity contribution in [2.45, 2.75) is 12.5 Å². The highest BCUT2D eigenvalue weighted by atomic mass is 16.1. The van der Waals surface area contributed by atoms with E-state index in [0.717, 1.165) is 12.1 Å². The molecule has 0 saturated carbocycles. The van der Waals surface area contributed by atoms with Gasteiger partial charge in [-0.2, -0.15) is 0 Å². The topological polar surface area (TPSA) is 46.3 Å². The predicted molar refractivity (Wildman–Crippen MR) is 80.3 cm³/mol. The van der Waals surface area contributed by atoms with E-state index in [1.165, 1.54) is 5.56 Å². The molecular weight excluding hydrogens is 248 g/mol. The van der Waals surface area contributed by atoms with Crippen molar-refractivity contribution >= 4 is 11.6 Å². The van der Waals surface area contributed by atoms with Gasteiger partial charge in [0.2, 0.25) is 5.91 Å². The first-order valence-corrected chi connectivity index (χ1v) is 6.91. The molecule has 0 aromatic heterocycles. The third kappa shape index (κ3) is 2.39. The average molecular weight is 266 g/mol.